The summed E-state index contributed by atoms with van der Waals surface area (Å²) in [6, 6.07) is 19.2. The maximum Gasteiger partial charge on any atom is 0.641 e. The van der Waals surface area contributed by atoms with Crippen LogP contribution in [0.5, 0.6) is 5.75 Å². The minimum absolute atomic E-state index is 0.163. The Bertz CT molecular complexity index is 1060. The standard InChI is InChI=1S/C23H20O4P/c1-15-14-16(2)21(23(25)28(26)27-19-12-8-5-9-13-19)17(3)20(15)22(24)18-10-6-4-7-11-18/h4-14H,1-3H3/q+1. The second-order valence-corrected chi connectivity index (χ2v) is 7.65. The van der Waals surface area contributed by atoms with Crippen LogP contribution >= 0.6 is 8.03 Å². The number of carbonyl (C=O) groups is 2. The second kappa shape index (κ2) is 8.28. The number of benzene rings is 3. The Balaban J connectivity index is 2.01. The van der Waals surface area contributed by atoms with Crippen molar-refractivity contribution in [1.29, 1.82) is 0 Å². The summed E-state index contributed by atoms with van der Waals surface area (Å²) in [5.74, 6) is 0.198. The van der Waals surface area contributed by atoms with Crippen LogP contribution in [0.25, 0.3) is 0 Å². The largest absolute Gasteiger partial charge is 0.641 e. The predicted octanol–water partition coefficient (Wildman–Crippen LogP) is 5.80. The summed E-state index contributed by atoms with van der Waals surface area (Å²) < 4.78 is 17.9. The molecule has 0 aliphatic heterocycles. The molecule has 3 rings (SSSR count). The smallest absolute Gasteiger partial charge is 0.289 e. The van der Waals surface area contributed by atoms with Crippen molar-refractivity contribution in [1.82, 2.24) is 0 Å². The average Bonchev–Trinajstić information content (AvgIpc) is 2.68. The molecule has 0 heterocycles. The average molecular weight is 391 g/mol. The van der Waals surface area contributed by atoms with Crippen molar-refractivity contribution in [2.75, 3.05) is 0 Å². The van der Waals surface area contributed by atoms with Gasteiger partial charge in [0.15, 0.2) is 11.5 Å². The molecule has 4 nitrogen and oxygen atoms in total. The molecule has 0 fully saturated rings. The molecule has 0 bridgehead atoms. The van der Waals surface area contributed by atoms with Crippen molar-refractivity contribution in [3.05, 3.63) is 100 Å². The molecular formula is C23H20O4P+. The Morgan fingerprint density at radius 3 is 1.93 bits per heavy atom. The highest BCUT2D eigenvalue weighted by atomic mass is 31.1. The monoisotopic (exact) mass is 391 g/mol. The van der Waals surface area contributed by atoms with Crippen LogP contribution in [0.3, 0.4) is 0 Å². The molecule has 0 spiro atoms. The molecule has 1 atom stereocenters. The highest BCUT2D eigenvalue weighted by Crippen LogP contribution is 2.35. The van der Waals surface area contributed by atoms with E-state index in [0.29, 0.717) is 28.0 Å². The normalized spacial score (nSPS) is 11.0. The van der Waals surface area contributed by atoms with Crippen LogP contribution < -0.4 is 4.52 Å². The molecule has 0 aliphatic rings. The Morgan fingerprint density at radius 1 is 0.786 bits per heavy atom. The number of ketones is 1. The van der Waals surface area contributed by atoms with E-state index < -0.39 is 13.6 Å². The molecule has 0 saturated carbocycles. The van der Waals surface area contributed by atoms with E-state index in [1.165, 1.54) is 0 Å². The summed E-state index contributed by atoms with van der Waals surface area (Å²) >= 11 is 0. The first-order chi connectivity index (χ1) is 13.4. The second-order valence-electron chi connectivity index (χ2n) is 6.55. The first-order valence-corrected chi connectivity index (χ1v) is 10.0. The highest BCUT2D eigenvalue weighted by Gasteiger charge is 2.38. The third-order valence-corrected chi connectivity index (χ3v) is 5.48. The predicted molar refractivity (Wildman–Crippen MR) is 110 cm³/mol. The van der Waals surface area contributed by atoms with Crippen LogP contribution in [0.4, 0.5) is 0 Å². The zero-order valence-corrected chi connectivity index (χ0v) is 16.8. The zero-order valence-electron chi connectivity index (χ0n) is 15.9. The lowest BCUT2D eigenvalue weighted by Crippen LogP contribution is -2.12. The number of hydrogen-bond acceptors (Lipinski definition) is 4. The molecule has 0 aromatic heterocycles. The lowest BCUT2D eigenvalue weighted by atomic mass is 9.89. The molecule has 0 aliphatic carbocycles. The van der Waals surface area contributed by atoms with Crippen LogP contribution in [-0.4, -0.2) is 11.3 Å². The summed E-state index contributed by atoms with van der Waals surface area (Å²) in [6.07, 6.45) is 0. The van der Waals surface area contributed by atoms with Gasteiger partial charge in [-0.15, -0.1) is 0 Å². The van der Waals surface area contributed by atoms with Crippen LogP contribution in [0.15, 0.2) is 66.7 Å². The minimum atomic E-state index is -2.62. The number of rotatable bonds is 6. The quantitative estimate of drug-likeness (QED) is 0.393. The van der Waals surface area contributed by atoms with Gasteiger partial charge in [0.2, 0.25) is 0 Å². The van der Waals surface area contributed by atoms with Gasteiger partial charge < -0.3 is 0 Å². The lowest BCUT2D eigenvalue weighted by Gasteiger charge is -2.13. The fraction of sp³-hybridized carbons (Fsp3) is 0.130. The van der Waals surface area contributed by atoms with E-state index in [2.05, 4.69) is 0 Å². The molecule has 140 valence electrons. The molecule has 0 saturated heterocycles. The molecule has 0 N–H and O–H groups in total. The zero-order chi connectivity index (χ0) is 20.3. The maximum absolute atomic E-state index is 13.0. The van der Waals surface area contributed by atoms with Gasteiger partial charge in [-0.05, 0) is 54.2 Å². The van der Waals surface area contributed by atoms with Gasteiger partial charge in [0, 0.05) is 11.1 Å². The van der Waals surface area contributed by atoms with Crippen LogP contribution in [0.2, 0.25) is 0 Å². The Labute approximate surface area is 165 Å². The van der Waals surface area contributed by atoms with Crippen LogP contribution in [0.1, 0.15) is 43.0 Å². The van der Waals surface area contributed by atoms with E-state index in [0.717, 1.165) is 5.56 Å². The molecule has 5 heteroatoms. The Morgan fingerprint density at radius 2 is 1.32 bits per heavy atom. The van der Waals surface area contributed by atoms with Crippen molar-refractivity contribution in [2.45, 2.75) is 20.8 Å². The first-order valence-electron chi connectivity index (χ1n) is 8.85. The fourth-order valence-corrected chi connectivity index (χ4v) is 4.23. The maximum atomic E-state index is 13.0. The number of hydrogen-bond donors (Lipinski definition) is 0. The number of carbonyl (C=O) groups excluding carboxylic acids is 2. The van der Waals surface area contributed by atoms with Gasteiger partial charge >= 0.3 is 13.6 Å². The fourth-order valence-electron chi connectivity index (χ4n) is 3.31. The molecule has 0 amide bonds. The van der Waals surface area contributed by atoms with Crippen molar-refractivity contribution >= 4 is 19.3 Å². The number of aryl methyl sites for hydroxylation is 2. The summed E-state index contributed by atoms with van der Waals surface area (Å²) in [6.45, 7) is 5.33. The molecule has 3 aromatic rings. The lowest BCUT2D eigenvalue weighted by molar-refractivity contribution is 0.103. The van der Waals surface area contributed by atoms with Crippen molar-refractivity contribution in [2.24, 2.45) is 0 Å². The molecule has 3 aromatic carbocycles. The van der Waals surface area contributed by atoms with E-state index in [1.54, 1.807) is 74.5 Å². The molecule has 0 radical (unpaired) electrons. The summed E-state index contributed by atoms with van der Waals surface area (Å²) in [7, 11) is -2.62. The van der Waals surface area contributed by atoms with Crippen molar-refractivity contribution in [3.8, 4) is 5.75 Å². The summed E-state index contributed by atoms with van der Waals surface area (Å²) in [4.78, 5) is 25.9. The van der Waals surface area contributed by atoms with E-state index in [-0.39, 0.29) is 11.3 Å². The Kier molecular flexibility index (Phi) is 5.81. The van der Waals surface area contributed by atoms with Crippen molar-refractivity contribution in [3.63, 3.8) is 0 Å². The van der Waals surface area contributed by atoms with E-state index in [9.17, 15) is 14.2 Å². The van der Waals surface area contributed by atoms with Gasteiger partial charge in [-0.3, -0.25) is 4.79 Å². The van der Waals surface area contributed by atoms with Gasteiger partial charge in [0.25, 0.3) is 0 Å². The van der Waals surface area contributed by atoms with Crippen molar-refractivity contribution < 1.29 is 18.7 Å². The van der Waals surface area contributed by atoms with E-state index in [1.807, 2.05) is 13.0 Å². The molecule has 1 unspecified atom stereocenters. The topological polar surface area (TPSA) is 60.4 Å². The minimum Gasteiger partial charge on any atom is -0.289 e. The Hall–Kier alpha value is -3.10. The first kappa shape index (κ1) is 19.7. The SMILES string of the molecule is Cc1cc(C)c(C(=O)[P+](=O)Oc2ccccc2)c(C)c1C(=O)c1ccccc1. The van der Waals surface area contributed by atoms with Gasteiger partial charge in [0.1, 0.15) is 0 Å². The molecular weight excluding hydrogens is 371 g/mol. The van der Waals surface area contributed by atoms with Crippen LogP contribution in [-0.2, 0) is 4.57 Å². The summed E-state index contributed by atoms with van der Waals surface area (Å²) in [5.41, 5.74) is 2.64. The van der Waals surface area contributed by atoms with Gasteiger partial charge in [-0.1, -0.05) is 54.6 Å². The van der Waals surface area contributed by atoms with Gasteiger partial charge in [0.05, 0.1) is 5.56 Å². The highest BCUT2D eigenvalue weighted by molar-refractivity contribution is 7.60. The summed E-state index contributed by atoms with van der Waals surface area (Å²) in [5, 5.41) is 0. The van der Waals surface area contributed by atoms with Crippen LogP contribution in [0, 0.1) is 20.8 Å². The van der Waals surface area contributed by atoms with Gasteiger partial charge in [-0.2, -0.15) is 0 Å². The molecule has 28 heavy (non-hydrogen) atoms. The van der Waals surface area contributed by atoms with E-state index >= 15 is 0 Å². The third-order valence-electron chi connectivity index (χ3n) is 4.55. The number of para-hydroxylation sites is 1. The van der Waals surface area contributed by atoms with E-state index in [4.69, 9.17) is 4.52 Å². The third kappa shape index (κ3) is 3.92. The van der Waals surface area contributed by atoms with Gasteiger partial charge in [-0.25, -0.2) is 9.32 Å².